The van der Waals surface area contributed by atoms with Crippen molar-refractivity contribution in [1.29, 1.82) is 0 Å². The Kier molecular flexibility index (Phi) is 4.72. The van der Waals surface area contributed by atoms with Crippen molar-refractivity contribution in [3.8, 4) is 17.0 Å². The minimum Gasteiger partial charge on any atom is -0.872 e. The van der Waals surface area contributed by atoms with Gasteiger partial charge in [-0.2, -0.15) is 0 Å². The Bertz CT molecular complexity index is 880. The van der Waals surface area contributed by atoms with Gasteiger partial charge in [0.1, 0.15) is 5.82 Å². The van der Waals surface area contributed by atoms with Crippen LogP contribution >= 0.6 is 0 Å². The highest BCUT2D eigenvalue weighted by Gasteiger charge is 2.13. The molecule has 0 saturated carbocycles. The molecule has 0 spiro atoms. The van der Waals surface area contributed by atoms with Crippen molar-refractivity contribution in [2.24, 2.45) is 0 Å². The maximum atomic E-state index is 12.1. The average molecular weight is 333 g/mol. The van der Waals surface area contributed by atoms with Gasteiger partial charge in [0.05, 0.1) is 17.6 Å². The molecule has 0 aliphatic heterocycles. The molecule has 0 aliphatic rings. The first-order chi connectivity index (χ1) is 12.0. The monoisotopic (exact) mass is 333 g/mol. The van der Waals surface area contributed by atoms with Crippen molar-refractivity contribution in [2.75, 3.05) is 5.06 Å². The molecule has 1 heterocycles. The maximum Gasteiger partial charge on any atom is 0.214 e. The van der Waals surface area contributed by atoms with Gasteiger partial charge in [0.2, 0.25) is 5.91 Å². The maximum absolute atomic E-state index is 12.1. The lowest BCUT2D eigenvalue weighted by atomic mass is 10.1. The first-order valence-electron chi connectivity index (χ1n) is 7.69. The molecule has 0 bridgehead atoms. The van der Waals surface area contributed by atoms with Gasteiger partial charge in [0.15, 0.2) is 0 Å². The summed E-state index contributed by atoms with van der Waals surface area (Å²) in [5.41, 5.74) is 2.60. The van der Waals surface area contributed by atoms with Crippen LogP contribution < -0.4 is 10.2 Å². The number of benzene rings is 2. The number of carbonyl (C=O) groups is 1. The van der Waals surface area contributed by atoms with Gasteiger partial charge < -0.3 is 15.4 Å². The topological polar surface area (TPSA) is 92.2 Å². The average Bonchev–Trinajstić information content (AvgIpc) is 2.62. The molecular formula is C19H15N3O3-2. The number of hydroxylamine groups is 1. The van der Waals surface area contributed by atoms with E-state index >= 15 is 0 Å². The number of hydrogen-bond acceptors (Lipinski definition) is 5. The summed E-state index contributed by atoms with van der Waals surface area (Å²) in [7, 11) is 0. The van der Waals surface area contributed by atoms with Crippen LogP contribution in [0.5, 0.6) is 5.75 Å². The second-order valence-electron chi connectivity index (χ2n) is 5.53. The molecule has 0 radical (unpaired) electrons. The summed E-state index contributed by atoms with van der Waals surface area (Å²) in [4.78, 5) is 20.1. The molecule has 3 aromatic rings. The number of amides is 1. The van der Waals surface area contributed by atoms with E-state index in [0.717, 1.165) is 5.56 Å². The highest BCUT2D eigenvalue weighted by molar-refractivity contribution is 5.91. The molecule has 6 nitrogen and oxygen atoms in total. The van der Waals surface area contributed by atoms with Crippen LogP contribution in [0, 0.1) is 5.21 Å². The summed E-state index contributed by atoms with van der Waals surface area (Å²) in [6.07, 6.45) is 1.79. The van der Waals surface area contributed by atoms with Crippen molar-refractivity contribution in [3.63, 3.8) is 0 Å². The third-order valence-electron chi connectivity index (χ3n) is 3.67. The standard InChI is InChI=1S/C19H16N3O3/c1-13(23)22(25)19-17(11-14-5-3-2-4-6-14)21-18(12-20-19)15-7-9-16(24)10-8-15/h2-10,12,24H,11H2,1H3/q-1/p-1. The number of hydrogen-bond donors (Lipinski definition) is 0. The molecule has 0 N–H and O–H groups in total. The SMILES string of the molecule is CC(=O)N([O-])c1ncc(-c2ccc([O-])cc2)nc1Cc1ccccc1. The van der Waals surface area contributed by atoms with Gasteiger partial charge in [-0.25, -0.2) is 9.97 Å². The molecule has 1 amide bonds. The number of carbonyl (C=O) groups excluding carboxylic acids is 1. The number of anilines is 1. The number of aromatic nitrogens is 2. The predicted octanol–water partition coefficient (Wildman–Crippen LogP) is 2.66. The van der Waals surface area contributed by atoms with Crippen LogP contribution in [0.4, 0.5) is 5.82 Å². The van der Waals surface area contributed by atoms with Crippen LogP contribution in [0.1, 0.15) is 18.2 Å². The molecule has 0 atom stereocenters. The van der Waals surface area contributed by atoms with Gasteiger partial charge in [0, 0.05) is 18.9 Å². The highest BCUT2D eigenvalue weighted by Crippen LogP contribution is 2.24. The van der Waals surface area contributed by atoms with E-state index in [2.05, 4.69) is 9.97 Å². The van der Waals surface area contributed by atoms with Gasteiger partial charge in [-0.1, -0.05) is 54.6 Å². The van der Waals surface area contributed by atoms with E-state index in [1.54, 1.807) is 12.1 Å². The van der Waals surface area contributed by atoms with Crippen LogP contribution in [0.2, 0.25) is 0 Å². The third-order valence-corrected chi connectivity index (χ3v) is 3.67. The lowest BCUT2D eigenvalue weighted by molar-refractivity contribution is -0.268. The second kappa shape index (κ2) is 7.11. The Balaban J connectivity index is 2.04. The molecule has 126 valence electrons. The molecule has 0 aliphatic carbocycles. The second-order valence-corrected chi connectivity index (χ2v) is 5.53. The fourth-order valence-corrected chi connectivity index (χ4v) is 2.41. The van der Waals surface area contributed by atoms with Crippen LogP contribution in [-0.4, -0.2) is 15.9 Å². The molecule has 0 saturated heterocycles. The highest BCUT2D eigenvalue weighted by atomic mass is 16.5. The van der Waals surface area contributed by atoms with Crippen molar-refractivity contribution in [1.82, 2.24) is 9.97 Å². The van der Waals surface area contributed by atoms with Crippen molar-refractivity contribution < 1.29 is 9.90 Å². The normalized spacial score (nSPS) is 10.5. The molecule has 1 aromatic heterocycles. The van der Waals surface area contributed by atoms with Gasteiger partial charge in [-0.3, -0.25) is 4.79 Å². The van der Waals surface area contributed by atoms with Crippen LogP contribution in [0.3, 0.4) is 0 Å². The van der Waals surface area contributed by atoms with Crippen LogP contribution in [-0.2, 0) is 11.2 Å². The van der Waals surface area contributed by atoms with E-state index < -0.39 is 5.91 Å². The Morgan fingerprint density at radius 1 is 1.08 bits per heavy atom. The van der Waals surface area contributed by atoms with E-state index in [1.807, 2.05) is 30.3 Å². The largest absolute Gasteiger partial charge is 0.872 e. The number of nitrogens with zero attached hydrogens (tertiary/aromatic N) is 3. The summed E-state index contributed by atoms with van der Waals surface area (Å²) < 4.78 is 0. The fourth-order valence-electron chi connectivity index (χ4n) is 2.41. The van der Waals surface area contributed by atoms with Gasteiger partial charge in [-0.05, 0) is 5.56 Å². The Morgan fingerprint density at radius 2 is 1.76 bits per heavy atom. The fraction of sp³-hybridized carbons (Fsp3) is 0.105. The smallest absolute Gasteiger partial charge is 0.214 e. The molecular weight excluding hydrogens is 318 g/mol. The lowest BCUT2D eigenvalue weighted by Gasteiger charge is -2.27. The molecule has 0 fully saturated rings. The molecule has 3 rings (SSSR count). The minimum atomic E-state index is -0.660. The van der Waals surface area contributed by atoms with Gasteiger partial charge >= 0.3 is 0 Å². The van der Waals surface area contributed by atoms with Gasteiger partial charge in [0.25, 0.3) is 0 Å². The van der Waals surface area contributed by atoms with Crippen LogP contribution in [0.25, 0.3) is 11.3 Å². The van der Waals surface area contributed by atoms with E-state index in [1.165, 1.54) is 25.3 Å². The minimum absolute atomic E-state index is 0.0134. The summed E-state index contributed by atoms with van der Waals surface area (Å²) in [5.74, 6) is -0.771. The van der Waals surface area contributed by atoms with Gasteiger partial charge in [-0.15, -0.1) is 5.75 Å². The van der Waals surface area contributed by atoms with E-state index in [9.17, 15) is 15.1 Å². The van der Waals surface area contributed by atoms with Crippen LogP contribution in [0.15, 0.2) is 60.8 Å². The first kappa shape index (κ1) is 16.6. The molecule has 25 heavy (non-hydrogen) atoms. The summed E-state index contributed by atoms with van der Waals surface area (Å²) in [6, 6.07) is 15.7. The number of rotatable bonds is 4. The zero-order valence-corrected chi connectivity index (χ0v) is 13.5. The zero-order valence-electron chi connectivity index (χ0n) is 13.5. The summed E-state index contributed by atoms with van der Waals surface area (Å²) in [6.45, 7) is 1.18. The van der Waals surface area contributed by atoms with Crippen molar-refractivity contribution in [2.45, 2.75) is 13.3 Å². The molecule has 2 aromatic carbocycles. The molecule has 0 unspecified atom stereocenters. The third kappa shape index (κ3) is 3.81. The Labute approximate surface area is 145 Å². The van der Waals surface area contributed by atoms with E-state index in [4.69, 9.17) is 0 Å². The zero-order chi connectivity index (χ0) is 17.8. The molecule has 6 heteroatoms. The predicted molar refractivity (Wildman–Crippen MR) is 92.7 cm³/mol. The Morgan fingerprint density at radius 3 is 2.40 bits per heavy atom. The van der Waals surface area contributed by atoms with Crippen molar-refractivity contribution in [3.05, 3.63) is 77.3 Å². The lowest BCUT2D eigenvalue weighted by Crippen LogP contribution is -2.24. The summed E-state index contributed by atoms with van der Waals surface area (Å²) >= 11 is 0. The Hall–Kier alpha value is -3.25. The quantitative estimate of drug-likeness (QED) is 0.684. The first-order valence-corrected chi connectivity index (χ1v) is 7.69. The van der Waals surface area contributed by atoms with E-state index in [0.29, 0.717) is 23.4 Å². The van der Waals surface area contributed by atoms with Crippen molar-refractivity contribution >= 4 is 11.7 Å². The van der Waals surface area contributed by atoms with E-state index in [-0.39, 0.29) is 16.6 Å². The summed E-state index contributed by atoms with van der Waals surface area (Å²) in [5, 5.41) is 23.6.